The van der Waals surface area contributed by atoms with Crippen LogP contribution in [0.15, 0.2) is 11.5 Å². The van der Waals surface area contributed by atoms with E-state index in [4.69, 9.17) is 22.9 Å². The molecular weight excluding hydrogens is 216 g/mol. The predicted molar refractivity (Wildman–Crippen MR) is 70.4 cm³/mol. The molecule has 0 fully saturated rings. The highest BCUT2D eigenvalue weighted by molar-refractivity contribution is 5.91. The molecule has 0 amide bonds. The first kappa shape index (κ1) is 15.8. The van der Waals surface area contributed by atoms with E-state index >= 15 is 0 Å². The van der Waals surface area contributed by atoms with E-state index < -0.39 is 10.8 Å². The largest absolute Gasteiger partial charge is 0.398 e. The summed E-state index contributed by atoms with van der Waals surface area (Å²) in [5, 5.41) is 0. The van der Waals surface area contributed by atoms with Gasteiger partial charge in [0.15, 0.2) is 0 Å². The average Bonchev–Trinajstić information content (AvgIpc) is 2.26. The third kappa shape index (κ3) is 3.12. The zero-order valence-electron chi connectivity index (χ0n) is 11.3. The first-order valence-electron chi connectivity index (χ1n) is 5.89. The SMILES string of the molecule is CCC(C)(CCN)C(=O)C(C)(C)C(N)=C(N)N. The zero-order valence-corrected chi connectivity index (χ0v) is 11.3. The molecule has 0 aromatic carbocycles. The summed E-state index contributed by atoms with van der Waals surface area (Å²) in [6, 6.07) is 0. The fraction of sp³-hybridized carbons (Fsp3) is 0.750. The van der Waals surface area contributed by atoms with Gasteiger partial charge in [-0.05, 0) is 33.2 Å². The fourth-order valence-corrected chi connectivity index (χ4v) is 2.01. The summed E-state index contributed by atoms with van der Waals surface area (Å²) in [5.41, 5.74) is 21.2. The molecule has 0 saturated heterocycles. The molecule has 5 nitrogen and oxygen atoms in total. The topological polar surface area (TPSA) is 121 Å². The van der Waals surface area contributed by atoms with Gasteiger partial charge >= 0.3 is 0 Å². The number of allylic oxidation sites excluding steroid dienone is 1. The molecule has 0 spiro atoms. The Morgan fingerprint density at radius 1 is 1.12 bits per heavy atom. The minimum absolute atomic E-state index is 0.00884. The lowest BCUT2D eigenvalue weighted by molar-refractivity contribution is -0.135. The van der Waals surface area contributed by atoms with Crippen LogP contribution in [0.4, 0.5) is 0 Å². The maximum absolute atomic E-state index is 12.6. The maximum Gasteiger partial charge on any atom is 0.150 e. The van der Waals surface area contributed by atoms with E-state index in [-0.39, 0.29) is 17.3 Å². The summed E-state index contributed by atoms with van der Waals surface area (Å²) in [5.74, 6) is 0.0402. The molecule has 0 aliphatic carbocycles. The van der Waals surface area contributed by atoms with E-state index in [0.717, 1.165) is 0 Å². The fourth-order valence-electron chi connectivity index (χ4n) is 2.01. The van der Waals surface area contributed by atoms with Crippen LogP contribution < -0.4 is 22.9 Å². The number of carbonyl (C=O) groups excluding carboxylic acids is 1. The van der Waals surface area contributed by atoms with Crippen LogP contribution in [-0.2, 0) is 4.79 Å². The minimum Gasteiger partial charge on any atom is -0.398 e. The lowest BCUT2D eigenvalue weighted by atomic mass is 9.68. The van der Waals surface area contributed by atoms with Gasteiger partial charge in [-0.25, -0.2) is 0 Å². The van der Waals surface area contributed by atoms with Crippen LogP contribution in [0, 0.1) is 10.8 Å². The van der Waals surface area contributed by atoms with Crippen molar-refractivity contribution in [3.05, 3.63) is 11.5 Å². The van der Waals surface area contributed by atoms with Crippen molar-refractivity contribution in [1.82, 2.24) is 0 Å². The summed E-state index contributed by atoms with van der Waals surface area (Å²) in [4.78, 5) is 12.6. The smallest absolute Gasteiger partial charge is 0.150 e. The van der Waals surface area contributed by atoms with Gasteiger partial charge in [0.05, 0.1) is 11.1 Å². The molecule has 100 valence electrons. The van der Waals surface area contributed by atoms with Gasteiger partial charge in [-0.2, -0.15) is 0 Å². The number of nitrogens with two attached hydrogens (primary N) is 4. The molecule has 0 aromatic heterocycles. The molecule has 0 rings (SSSR count). The van der Waals surface area contributed by atoms with Crippen molar-refractivity contribution in [2.75, 3.05) is 6.54 Å². The van der Waals surface area contributed by atoms with E-state index in [1.807, 2.05) is 13.8 Å². The highest BCUT2D eigenvalue weighted by atomic mass is 16.1. The molecular formula is C12H26N4O. The summed E-state index contributed by atoms with van der Waals surface area (Å²) < 4.78 is 0. The molecule has 0 heterocycles. The minimum atomic E-state index is -0.862. The number of hydrogen-bond acceptors (Lipinski definition) is 5. The number of ketones is 1. The Bertz CT molecular complexity index is 318. The van der Waals surface area contributed by atoms with Crippen molar-refractivity contribution in [3.63, 3.8) is 0 Å². The third-order valence-corrected chi connectivity index (χ3v) is 3.58. The number of carbonyl (C=O) groups is 1. The Labute approximate surface area is 104 Å². The average molecular weight is 242 g/mol. The van der Waals surface area contributed by atoms with Crippen molar-refractivity contribution in [1.29, 1.82) is 0 Å². The quantitative estimate of drug-likeness (QED) is 0.537. The molecule has 0 aliphatic rings. The lowest BCUT2D eigenvalue weighted by Gasteiger charge is -2.35. The maximum atomic E-state index is 12.6. The standard InChI is InChI=1S/C12H26N4O/c1-5-12(4,6-7-13)10(17)11(2,3)8(14)9(15)16/h5-7,13-16H2,1-4H3. The van der Waals surface area contributed by atoms with Crippen LogP contribution in [0.1, 0.15) is 40.5 Å². The van der Waals surface area contributed by atoms with E-state index in [9.17, 15) is 4.79 Å². The summed E-state index contributed by atoms with van der Waals surface area (Å²) in [6.45, 7) is 7.83. The van der Waals surface area contributed by atoms with Crippen LogP contribution >= 0.6 is 0 Å². The molecule has 0 radical (unpaired) electrons. The van der Waals surface area contributed by atoms with Crippen LogP contribution in [0.5, 0.6) is 0 Å². The lowest BCUT2D eigenvalue weighted by Crippen LogP contribution is -2.44. The van der Waals surface area contributed by atoms with Gasteiger partial charge in [-0.3, -0.25) is 4.79 Å². The van der Waals surface area contributed by atoms with Crippen LogP contribution in [0.3, 0.4) is 0 Å². The van der Waals surface area contributed by atoms with Gasteiger partial charge in [0.2, 0.25) is 0 Å². The second-order valence-corrected chi connectivity index (χ2v) is 5.28. The van der Waals surface area contributed by atoms with Crippen molar-refractivity contribution in [2.24, 2.45) is 33.8 Å². The molecule has 17 heavy (non-hydrogen) atoms. The Morgan fingerprint density at radius 3 is 1.88 bits per heavy atom. The third-order valence-electron chi connectivity index (χ3n) is 3.58. The summed E-state index contributed by atoms with van der Waals surface area (Å²) >= 11 is 0. The first-order chi connectivity index (χ1) is 7.63. The molecule has 1 atom stereocenters. The normalized spacial score (nSPS) is 15.1. The van der Waals surface area contributed by atoms with Gasteiger partial charge in [-0.15, -0.1) is 0 Å². The zero-order chi connectivity index (χ0) is 13.9. The molecule has 0 aliphatic heterocycles. The second-order valence-electron chi connectivity index (χ2n) is 5.28. The predicted octanol–water partition coefficient (Wildman–Crippen LogP) is 0.392. The monoisotopic (exact) mass is 242 g/mol. The van der Waals surface area contributed by atoms with Crippen molar-refractivity contribution >= 4 is 5.78 Å². The van der Waals surface area contributed by atoms with Crippen molar-refractivity contribution in [2.45, 2.75) is 40.5 Å². The van der Waals surface area contributed by atoms with E-state index in [1.165, 1.54) is 0 Å². The Hall–Kier alpha value is -1.23. The van der Waals surface area contributed by atoms with Crippen LogP contribution in [0.25, 0.3) is 0 Å². The molecule has 0 aromatic rings. The number of rotatable bonds is 6. The van der Waals surface area contributed by atoms with E-state index in [2.05, 4.69) is 0 Å². The molecule has 0 saturated carbocycles. The summed E-state index contributed by atoms with van der Waals surface area (Å²) in [7, 11) is 0. The highest BCUT2D eigenvalue weighted by Gasteiger charge is 2.42. The Morgan fingerprint density at radius 2 is 1.59 bits per heavy atom. The summed E-state index contributed by atoms with van der Waals surface area (Å²) in [6.07, 6.45) is 1.34. The molecule has 5 heteroatoms. The molecule has 8 N–H and O–H groups in total. The van der Waals surface area contributed by atoms with Crippen molar-refractivity contribution in [3.8, 4) is 0 Å². The first-order valence-corrected chi connectivity index (χ1v) is 5.89. The molecule has 0 bridgehead atoms. The molecule has 1 unspecified atom stereocenters. The van der Waals surface area contributed by atoms with Gasteiger partial charge in [0, 0.05) is 5.41 Å². The van der Waals surface area contributed by atoms with Crippen LogP contribution in [0.2, 0.25) is 0 Å². The van der Waals surface area contributed by atoms with E-state index in [0.29, 0.717) is 19.4 Å². The Kier molecular flexibility index (Phi) is 5.01. The van der Waals surface area contributed by atoms with Gasteiger partial charge in [-0.1, -0.05) is 13.8 Å². The highest BCUT2D eigenvalue weighted by Crippen LogP contribution is 2.37. The van der Waals surface area contributed by atoms with Gasteiger partial charge in [0.25, 0.3) is 0 Å². The number of hydrogen-bond donors (Lipinski definition) is 4. The van der Waals surface area contributed by atoms with Crippen LogP contribution in [-0.4, -0.2) is 12.3 Å². The van der Waals surface area contributed by atoms with E-state index in [1.54, 1.807) is 13.8 Å². The Balaban J connectivity index is 5.35. The second kappa shape index (κ2) is 5.40. The number of Topliss-reactive ketones (excluding diaryl/α,β-unsaturated/α-hetero) is 1. The van der Waals surface area contributed by atoms with Gasteiger partial charge in [0.1, 0.15) is 11.6 Å². The van der Waals surface area contributed by atoms with Gasteiger partial charge < -0.3 is 22.9 Å². The van der Waals surface area contributed by atoms with Crippen molar-refractivity contribution < 1.29 is 4.79 Å².